The summed E-state index contributed by atoms with van der Waals surface area (Å²) in [7, 11) is 0. The van der Waals surface area contributed by atoms with E-state index in [4.69, 9.17) is 0 Å². The minimum absolute atomic E-state index is 0.652. The molecular weight excluding hydrogens is 304 g/mol. The molecule has 0 saturated heterocycles. The Balaban J connectivity index is 1.80. The minimum atomic E-state index is 0.652. The summed E-state index contributed by atoms with van der Waals surface area (Å²) in [5, 5.41) is 3.29. The summed E-state index contributed by atoms with van der Waals surface area (Å²) in [6, 6.07) is 11.9. The number of halogens is 1. The fraction of sp³-hybridized carbons (Fsp3) is 0.0714. The van der Waals surface area contributed by atoms with Gasteiger partial charge >= 0.3 is 0 Å². The third kappa shape index (κ3) is 2.71. The Labute approximate surface area is 119 Å². The van der Waals surface area contributed by atoms with E-state index in [1.807, 2.05) is 30.3 Å². The van der Waals surface area contributed by atoms with Gasteiger partial charge in [-0.25, -0.2) is 9.97 Å². The van der Waals surface area contributed by atoms with Gasteiger partial charge in [0.15, 0.2) is 5.65 Å². The van der Waals surface area contributed by atoms with E-state index in [1.165, 1.54) is 5.56 Å². The van der Waals surface area contributed by atoms with Crippen LogP contribution < -0.4 is 5.32 Å². The van der Waals surface area contributed by atoms with Gasteiger partial charge in [-0.05, 0) is 23.8 Å². The van der Waals surface area contributed by atoms with Gasteiger partial charge in [0.1, 0.15) is 11.3 Å². The number of hydrogen-bond donors (Lipinski definition) is 1. The molecule has 19 heavy (non-hydrogen) atoms. The van der Waals surface area contributed by atoms with Gasteiger partial charge in [0.05, 0.1) is 0 Å². The summed E-state index contributed by atoms with van der Waals surface area (Å²) in [6.45, 7) is 0.709. The number of fused-ring (bicyclic) bond motifs is 1. The standard InChI is InChI=1S/C14H11BrN4/c15-11-4-2-1-3-10(11)9-18-13-6-5-12-14(19-13)17-8-7-16-12/h1-8H,9H2,(H,17,18,19). The first-order valence-electron chi connectivity index (χ1n) is 5.88. The molecule has 0 unspecified atom stereocenters. The molecule has 0 aliphatic rings. The van der Waals surface area contributed by atoms with Crippen molar-refractivity contribution in [3.8, 4) is 0 Å². The van der Waals surface area contributed by atoms with Crippen molar-refractivity contribution in [1.82, 2.24) is 15.0 Å². The van der Waals surface area contributed by atoms with Gasteiger partial charge in [-0.3, -0.25) is 4.98 Å². The zero-order valence-electron chi connectivity index (χ0n) is 10.0. The van der Waals surface area contributed by atoms with Crippen molar-refractivity contribution in [2.24, 2.45) is 0 Å². The van der Waals surface area contributed by atoms with Crippen LogP contribution in [0.2, 0.25) is 0 Å². The Hall–Kier alpha value is -2.01. The fourth-order valence-corrected chi connectivity index (χ4v) is 2.21. The number of aromatic nitrogens is 3. The molecule has 0 spiro atoms. The Morgan fingerprint density at radius 1 is 1.00 bits per heavy atom. The van der Waals surface area contributed by atoms with Crippen molar-refractivity contribution < 1.29 is 0 Å². The van der Waals surface area contributed by atoms with Gasteiger partial charge in [-0.1, -0.05) is 34.1 Å². The van der Waals surface area contributed by atoms with Crippen LogP contribution in [0.25, 0.3) is 11.2 Å². The fourth-order valence-electron chi connectivity index (χ4n) is 1.78. The highest BCUT2D eigenvalue weighted by molar-refractivity contribution is 9.10. The number of hydrogen-bond acceptors (Lipinski definition) is 4. The highest BCUT2D eigenvalue weighted by Gasteiger charge is 2.01. The van der Waals surface area contributed by atoms with Crippen LogP contribution in [-0.4, -0.2) is 15.0 Å². The third-order valence-electron chi connectivity index (χ3n) is 2.75. The first kappa shape index (κ1) is 12.0. The number of anilines is 1. The third-order valence-corrected chi connectivity index (χ3v) is 3.52. The molecule has 0 saturated carbocycles. The molecule has 4 nitrogen and oxygen atoms in total. The summed E-state index contributed by atoms with van der Waals surface area (Å²) in [5.41, 5.74) is 2.64. The molecule has 0 atom stereocenters. The smallest absolute Gasteiger partial charge is 0.180 e. The van der Waals surface area contributed by atoms with E-state index in [0.717, 1.165) is 15.8 Å². The number of benzene rings is 1. The SMILES string of the molecule is Brc1ccccc1CNc1ccc2nccnc2n1. The second-order valence-electron chi connectivity index (χ2n) is 4.04. The second kappa shape index (κ2) is 5.32. The zero-order valence-corrected chi connectivity index (χ0v) is 11.6. The van der Waals surface area contributed by atoms with Crippen LogP contribution in [0.5, 0.6) is 0 Å². The number of rotatable bonds is 3. The quantitative estimate of drug-likeness (QED) is 0.805. The molecule has 1 N–H and O–H groups in total. The van der Waals surface area contributed by atoms with Gasteiger partial charge in [0, 0.05) is 23.4 Å². The van der Waals surface area contributed by atoms with E-state index in [-0.39, 0.29) is 0 Å². The molecule has 0 radical (unpaired) electrons. The van der Waals surface area contributed by atoms with E-state index >= 15 is 0 Å². The summed E-state index contributed by atoms with van der Waals surface area (Å²) in [4.78, 5) is 12.8. The lowest BCUT2D eigenvalue weighted by Gasteiger charge is -2.07. The van der Waals surface area contributed by atoms with Gasteiger partial charge in [-0.2, -0.15) is 0 Å². The van der Waals surface area contributed by atoms with E-state index in [2.05, 4.69) is 42.3 Å². The maximum atomic E-state index is 4.42. The number of pyridine rings is 1. The molecule has 94 valence electrons. The van der Waals surface area contributed by atoms with Crippen LogP contribution in [0, 0.1) is 0 Å². The summed E-state index contributed by atoms with van der Waals surface area (Å²) >= 11 is 3.53. The lowest BCUT2D eigenvalue weighted by Crippen LogP contribution is -2.02. The summed E-state index contributed by atoms with van der Waals surface area (Å²) in [5.74, 6) is 0.795. The van der Waals surface area contributed by atoms with E-state index in [0.29, 0.717) is 12.2 Å². The Morgan fingerprint density at radius 3 is 2.74 bits per heavy atom. The van der Waals surface area contributed by atoms with Gasteiger partial charge in [0.25, 0.3) is 0 Å². The molecule has 1 aromatic carbocycles. The molecule has 3 aromatic rings. The average molecular weight is 315 g/mol. The molecule has 0 fully saturated rings. The lowest BCUT2D eigenvalue weighted by atomic mass is 10.2. The normalized spacial score (nSPS) is 10.6. The van der Waals surface area contributed by atoms with E-state index in [1.54, 1.807) is 12.4 Å². The largest absolute Gasteiger partial charge is 0.366 e. The van der Waals surface area contributed by atoms with Crippen LogP contribution in [0.15, 0.2) is 53.3 Å². The first-order valence-corrected chi connectivity index (χ1v) is 6.67. The molecule has 2 aromatic heterocycles. The Kier molecular flexibility index (Phi) is 3.37. The predicted molar refractivity (Wildman–Crippen MR) is 78.8 cm³/mol. The average Bonchev–Trinajstić information content (AvgIpc) is 2.46. The first-order chi connectivity index (χ1) is 9.33. The monoisotopic (exact) mass is 314 g/mol. The highest BCUT2D eigenvalue weighted by Crippen LogP contribution is 2.17. The summed E-state index contributed by atoms with van der Waals surface area (Å²) in [6.07, 6.45) is 3.31. The van der Waals surface area contributed by atoms with Crippen LogP contribution >= 0.6 is 15.9 Å². The molecule has 3 rings (SSSR count). The zero-order chi connectivity index (χ0) is 13.1. The molecular formula is C14H11BrN4. The Bertz CT molecular complexity index is 714. The van der Waals surface area contributed by atoms with E-state index < -0.39 is 0 Å². The minimum Gasteiger partial charge on any atom is -0.366 e. The van der Waals surface area contributed by atoms with Crippen LogP contribution in [-0.2, 0) is 6.54 Å². The van der Waals surface area contributed by atoms with Crippen LogP contribution in [0.3, 0.4) is 0 Å². The molecule has 0 bridgehead atoms. The number of nitrogens with one attached hydrogen (secondary N) is 1. The van der Waals surface area contributed by atoms with Crippen LogP contribution in [0.1, 0.15) is 5.56 Å². The molecule has 0 amide bonds. The predicted octanol–water partition coefficient (Wildman–Crippen LogP) is 3.40. The maximum absolute atomic E-state index is 4.42. The topological polar surface area (TPSA) is 50.7 Å². The molecule has 2 heterocycles. The van der Waals surface area contributed by atoms with Crippen molar-refractivity contribution in [2.45, 2.75) is 6.54 Å². The number of nitrogens with zero attached hydrogens (tertiary/aromatic N) is 3. The van der Waals surface area contributed by atoms with Crippen molar-refractivity contribution in [2.75, 3.05) is 5.32 Å². The molecule has 0 aliphatic heterocycles. The molecule has 5 heteroatoms. The highest BCUT2D eigenvalue weighted by atomic mass is 79.9. The summed E-state index contributed by atoms with van der Waals surface area (Å²) < 4.78 is 1.09. The van der Waals surface area contributed by atoms with Crippen molar-refractivity contribution in [1.29, 1.82) is 0 Å². The molecule has 0 aliphatic carbocycles. The van der Waals surface area contributed by atoms with Crippen molar-refractivity contribution >= 4 is 32.9 Å². The maximum Gasteiger partial charge on any atom is 0.180 e. The second-order valence-corrected chi connectivity index (χ2v) is 4.89. The van der Waals surface area contributed by atoms with Gasteiger partial charge < -0.3 is 5.32 Å². The lowest BCUT2D eigenvalue weighted by molar-refractivity contribution is 1.10. The van der Waals surface area contributed by atoms with Crippen molar-refractivity contribution in [3.05, 3.63) is 58.8 Å². The van der Waals surface area contributed by atoms with Crippen LogP contribution in [0.4, 0.5) is 5.82 Å². The van der Waals surface area contributed by atoms with Crippen molar-refractivity contribution in [3.63, 3.8) is 0 Å². The van der Waals surface area contributed by atoms with Gasteiger partial charge in [0.2, 0.25) is 0 Å². The van der Waals surface area contributed by atoms with Gasteiger partial charge in [-0.15, -0.1) is 0 Å². The Morgan fingerprint density at radius 2 is 1.84 bits per heavy atom. The van der Waals surface area contributed by atoms with E-state index in [9.17, 15) is 0 Å².